The molecule has 0 aromatic heterocycles. The Morgan fingerprint density at radius 2 is 2.00 bits per heavy atom. The molecular weight excluding hydrogens is 309 g/mol. The Hall–Kier alpha value is -2.56. The molecule has 5 heteroatoms. The lowest BCUT2D eigenvalue weighted by Gasteiger charge is -2.17. The van der Waals surface area contributed by atoms with Crippen molar-refractivity contribution in [1.82, 2.24) is 5.32 Å². The number of para-hydroxylation sites is 1. The number of hydrogen-bond acceptors (Lipinski definition) is 3. The number of rotatable bonds is 8. The van der Waals surface area contributed by atoms with Gasteiger partial charge in [0, 0.05) is 0 Å². The van der Waals surface area contributed by atoms with Crippen molar-refractivity contribution >= 4 is 5.91 Å². The van der Waals surface area contributed by atoms with Crippen molar-refractivity contribution in [2.75, 3.05) is 13.2 Å². The Balaban J connectivity index is 1.78. The van der Waals surface area contributed by atoms with Crippen LogP contribution in [0.4, 0.5) is 4.39 Å². The summed E-state index contributed by atoms with van der Waals surface area (Å²) >= 11 is 0. The minimum absolute atomic E-state index is 0.0792. The molecule has 1 amide bonds. The summed E-state index contributed by atoms with van der Waals surface area (Å²) in [4.78, 5) is 12.1. The SMILES string of the molecule is CCC(Oc1ccccc1F)C(=O)NCCOc1cccc(C)c1. The van der Waals surface area contributed by atoms with Crippen molar-refractivity contribution in [2.45, 2.75) is 26.4 Å². The summed E-state index contributed by atoms with van der Waals surface area (Å²) in [5.74, 6) is 0.0783. The lowest BCUT2D eigenvalue weighted by molar-refractivity contribution is -0.128. The maximum Gasteiger partial charge on any atom is 0.261 e. The molecule has 1 unspecified atom stereocenters. The van der Waals surface area contributed by atoms with Crippen molar-refractivity contribution < 1.29 is 18.7 Å². The second-order valence-corrected chi connectivity index (χ2v) is 5.40. The molecule has 0 aliphatic heterocycles. The van der Waals surface area contributed by atoms with Crippen molar-refractivity contribution in [3.05, 3.63) is 59.9 Å². The number of ether oxygens (including phenoxy) is 2. The molecular formula is C19H22FNO3. The van der Waals surface area contributed by atoms with Crippen molar-refractivity contribution in [1.29, 1.82) is 0 Å². The third-order valence-electron chi connectivity index (χ3n) is 3.43. The first kappa shape index (κ1) is 17.8. The standard InChI is InChI=1S/C19H22FNO3/c1-3-17(24-18-10-5-4-9-16(18)20)19(22)21-11-12-23-15-8-6-7-14(2)13-15/h4-10,13,17H,3,11-12H2,1-2H3,(H,21,22). The molecule has 0 aliphatic rings. The molecule has 2 aromatic rings. The van der Waals surface area contributed by atoms with E-state index in [-0.39, 0.29) is 11.7 Å². The van der Waals surface area contributed by atoms with E-state index in [1.54, 1.807) is 12.1 Å². The zero-order valence-corrected chi connectivity index (χ0v) is 13.9. The number of nitrogens with one attached hydrogen (secondary N) is 1. The first-order chi connectivity index (χ1) is 11.6. The van der Waals surface area contributed by atoms with E-state index in [9.17, 15) is 9.18 Å². The van der Waals surface area contributed by atoms with Gasteiger partial charge >= 0.3 is 0 Å². The summed E-state index contributed by atoms with van der Waals surface area (Å²) in [6.45, 7) is 4.50. The quantitative estimate of drug-likeness (QED) is 0.753. The monoisotopic (exact) mass is 331 g/mol. The first-order valence-electron chi connectivity index (χ1n) is 7.98. The van der Waals surface area contributed by atoms with Crippen LogP contribution in [0.3, 0.4) is 0 Å². The summed E-state index contributed by atoms with van der Waals surface area (Å²) in [5.41, 5.74) is 1.11. The van der Waals surface area contributed by atoms with Crippen LogP contribution in [0, 0.1) is 12.7 Å². The van der Waals surface area contributed by atoms with E-state index in [2.05, 4.69) is 5.32 Å². The molecule has 0 fully saturated rings. The highest BCUT2D eigenvalue weighted by molar-refractivity contribution is 5.81. The van der Waals surface area contributed by atoms with Crippen molar-refractivity contribution in [3.63, 3.8) is 0 Å². The maximum atomic E-state index is 13.6. The van der Waals surface area contributed by atoms with Gasteiger partial charge in [-0.15, -0.1) is 0 Å². The van der Waals surface area contributed by atoms with E-state index in [4.69, 9.17) is 9.47 Å². The first-order valence-corrected chi connectivity index (χ1v) is 7.98. The number of amides is 1. The highest BCUT2D eigenvalue weighted by atomic mass is 19.1. The highest BCUT2D eigenvalue weighted by Gasteiger charge is 2.19. The third kappa shape index (κ3) is 5.26. The molecule has 0 radical (unpaired) electrons. The fourth-order valence-corrected chi connectivity index (χ4v) is 2.18. The Labute approximate surface area is 141 Å². The Kier molecular flexibility index (Phi) is 6.61. The number of halogens is 1. The van der Waals surface area contributed by atoms with Crippen LogP contribution in [-0.4, -0.2) is 25.2 Å². The number of hydrogen-bond donors (Lipinski definition) is 1. The number of aryl methyl sites for hydroxylation is 1. The zero-order chi connectivity index (χ0) is 17.4. The normalized spacial score (nSPS) is 11.6. The number of carbonyl (C=O) groups excluding carboxylic acids is 1. The molecule has 0 spiro atoms. The average molecular weight is 331 g/mol. The molecule has 0 bridgehead atoms. The largest absolute Gasteiger partial charge is 0.492 e. The molecule has 2 aromatic carbocycles. The molecule has 24 heavy (non-hydrogen) atoms. The molecule has 1 N–H and O–H groups in total. The minimum Gasteiger partial charge on any atom is -0.492 e. The molecule has 128 valence electrons. The Morgan fingerprint density at radius 1 is 1.21 bits per heavy atom. The molecule has 0 saturated heterocycles. The van der Waals surface area contributed by atoms with E-state index in [1.807, 2.05) is 38.1 Å². The number of carbonyl (C=O) groups is 1. The van der Waals surface area contributed by atoms with Crippen LogP contribution >= 0.6 is 0 Å². The fourth-order valence-electron chi connectivity index (χ4n) is 2.18. The van der Waals surface area contributed by atoms with Gasteiger partial charge in [-0.3, -0.25) is 4.79 Å². The third-order valence-corrected chi connectivity index (χ3v) is 3.43. The van der Waals surface area contributed by atoms with Gasteiger partial charge in [0.05, 0.1) is 6.54 Å². The molecule has 0 aliphatic carbocycles. The van der Waals surface area contributed by atoms with Crippen LogP contribution < -0.4 is 14.8 Å². The van der Waals surface area contributed by atoms with Crippen molar-refractivity contribution in [3.8, 4) is 11.5 Å². The van der Waals surface area contributed by atoms with E-state index in [0.717, 1.165) is 11.3 Å². The smallest absolute Gasteiger partial charge is 0.261 e. The predicted molar refractivity (Wildman–Crippen MR) is 90.8 cm³/mol. The van der Waals surface area contributed by atoms with E-state index < -0.39 is 11.9 Å². The summed E-state index contributed by atoms with van der Waals surface area (Å²) < 4.78 is 24.6. The second-order valence-electron chi connectivity index (χ2n) is 5.40. The molecule has 2 rings (SSSR count). The van der Waals surface area contributed by atoms with Gasteiger partial charge in [-0.25, -0.2) is 4.39 Å². The molecule has 4 nitrogen and oxygen atoms in total. The topological polar surface area (TPSA) is 47.6 Å². The second kappa shape index (κ2) is 8.91. The Morgan fingerprint density at radius 3 is 2.71 bits per heavy atom. The average Bonchev–Trinajstić information content (AvgIpc) is 2.58. The van der Waals surface area contributed by atoms with E-state index >= 15 is 0 Å². The van der Waals surface area contributed by atoms with Gasteiger partial charge in [0.15, 0.2) is 17.7 Å². The van der Waals surface area contributed by atoms with Crippen LogP contribution in [0.2, 0.25) is 0 Å². The van der Waals surface area contributed by atoms with Crippen LogP contribution in [0.15, 0.2) is 48.5 Å². The van der Waals surface area contributed by atoms with Crippen molar-refractivity contribution in [2.24, 2.45) is 0 Å². The van der Waals surface area contributed by atoms with Crippen LogP contribution in [-0.2, 0) is 4.79 Å². The predicted octanol–water partition coefficient (Wildman–Crippen LogP) is 3.49. The van der Waals surface area contributed by atoms with E-state index in [0.29, 0.717) is 19.6 Å². The minimum atomic E-state index is -0.735. The van der Waals surface area contributed by atoms with Gasteiger partial charge in [-0.2, -0.15) is 0 Å². The summed E-state index contributed by atoms with van der Waals surface area (Å²) in [5, 5.41) is 2.75. The van der Waals surface area contributed by atoms with Gasteiger partial charge in [0.25, 0.3) is 5.91 Å². The van der Waals surface area contributed by atoms with E-state index in [1.165, 1.54) is 12.1 Å². The van der Waals surface area contributed by atoms with Gasteiger partial charge in [0.2, 0.25) is 0 Å². The van der Waals surface area contributed by atoms with Gasteiger partial charge in [-0.05, 0) is 43.2 Å². The molecule has 1 atom stereocenters. The van der Waals surface area contributed by atoms with Gasteiger partial charge < -0.3 is 14.8 Å². The lowest BCUT2D eigenvalue weighted by Crippen LogP contribution is -2.39. The van der Waals surface area contributed by atoms with Crippen LogP contribution in [0.25, 0.3) is 0 Å². The van der Waals surface area contributed by atoms with Gasteiger partial charge in [-0.1, -0.05) is 31.2 Å². The highest BCUT2D eigenvalue weighted by Crippen LogP contribution is 2.18. The molecule has 0 heterocycles. The summed E-state index contributed by atoms with van der Waals surface area (Å²) in [6.07, 6.45) is -0.292. The zero-order valence-electron chi connectivity index (χ0n) is 13.9. The fraction of sp³-hybridized carbons (Fsp3) is 0.316. The molecule has 0 saturated carbocycles. The van der Waals surface area contributed by atoms with Crippen LogP contribution in [0.1, 0.15) is 18.9 Å². The van der Waals surface area contributed by atoms with Crippen LogP contribution in [0.5, 0.6) is 11.5 Å². The number of benzene rings is 2. The lowest BCUT2D eigenvalue weighted by atomic mass is 10.2. The summed E-state index contributed by atoms with van der Waals surface area (Å²) in [7, 11) is 0. The maximum absolute atomic E-state index is 13.6. The Bertz CT molecular complexity index is 675. The van der Waals surface area contributed by atoms with Gasteiger partial charge in [0.1, 0.15) is 12.4 Å². The summed E-state index contributed by atoms with van der Waals surface area (Å²) in [6, 6.07) is 13.7.